The van der Waals surface area contributed by atoms with Crippen LogP contribution in [0.4, 0.5) is 0 Å². The molecule has 0 aromatic heterocycles. The lowest BCUT2D eigenvalue weighted by Crippen LogP contribution is -2.31. The zero-order valence-corrected chi connectivity index (χ0v) is 39.7. The van der Waals surface area contributed by atoms with Crippen LogP contribution in [0.2, 0.25) is 0 Å². The van der Waals surface area contributed by atoms with Crippen LogP contribution in [0, 0.1) is 0 Å². The fourth-order valence-electron chi connectivity index (χ4n) is 8.30. The van der Waals surface area contributed by atoms with Crippen LogP contribution in [0.5, 0.6) is 0 Å². The van der Waals surface area contributed by atoms with Gasteiger partial charge in [0.25, 0.3) is 0 Å². The first kappa shape index (κ1) is 56.9. The third kappa shape index (κ3) is 32.6. The monoisotopic (exact) mass is 825 g/mol. The van der Waals surface area contributed by atoms with Crippen molar-refractivity contribution >= 4 is 0 Å². The zero-order chi connectivity index (χ0) is 44.7. The Morgan fingerprint density at radius 1 is 0.328 bits per heavy atom. The summed E-state index contributed by atoms with van der Waals surface area (Å²) in [6.45, 7) is 21.4. The van der Waals surface area contributed by atoms with E-state index >= 15 is 0 Å². The molecule has 0 spiro atoms. The minimum Gasteiger partial charge on any atom is -0.392 e. The van der Waals surface area contributed by atoms with Crippen molar-refractivity contribution in [1.29, 1.82) is 0 Å². The maximum atomic E-state index is 11.1. The van der Waals surface area contributed by atoms with Crippen LogP contribution in [0.25, 0.3) is 0 Å². The van der Waals surface area contributed by atoms with E-state index in [1.165, 1.54) is 16.7 Å². The third-order valence-electron chi connectivity index (χ3n) is 12.6. The number of aliphatic hydroxyl groups excluding tert-OH is 1. The molecule has 0 fully saturated rings. The number of aliphatic hydroxyl groups is 8. The first-order valence-electron chi connectivity index (χ1n) is 23.1. The van der Waals surface area contributed by atoms with Gasteiger partial charge >= 0.3 is 0 Å². The van der Waals surface area contributed by atoms with Gasteiger partial charge in [-0.2, -0.15) is 0 Å². The molecule has 344 valence electrons. The van der Waals surface area contributed by atoms with Gasteiger partial charge in [-0.25, -0.2) is 0 Å². The van der Waals surface area contributed by atoms with Crippen LogP contribution < -0.4 is 0 Å². The van der Waals surface area contributed by atoms with E-state index in [1.54, 1.807) is 0 Å². The maximum absolute atomic E-state index is 11.1. The van der Waals surface area contributed by atoms with Crippen LogP contribution >= 0.6 is 0 Å². The summed E-state index contributed by atoms with van der Waals surface area (Å²) in [6, 6.07) is 0. The van der Waals surface area contributed by atoms with Crippen LogP contribution in [0.1, 0.15) is 237 Å². The fraction of sp³-hybridized carbons (Fsp3) is 0.880. The van der Waals surface area contributed by atoms with E-state index in [0.717, 1.165) is 51.4 Å². The van der Waals surface area contributed by atoms with Crippen LogP contribution in [-0.4, -0.2) is 86.7 Å². The normalized spacial score (nSPS) is 20.2. The molecule has 0 radical (unpaired) electrons. The van der Waals surface area contributed by atoms with Crippen molar-refractivity contribution in [2.75, 3.05) is 6.61 Å². The van der Waals surface area contributed by atoms with E-state index in [0.29, 0.717) is 109 Å². The van der Waals surface area contributed by atoms with E-state index < -0.39 is 39.2 Å². The van der Waals surface area contributed by atoms with Gasteiger partial charge in [0.05, 0.1) is 45.8 Å². The van der Waals surface area contributed by atoms with Gasteiger partial charge < -0.3 is 40.9 Å². The molecule has 7 unspecified atom stereocenters. The summed E-state index contributed by atoms with van der Waals surface area (Å²) in [6.07, 6.45) is 23.6. The van der Waals surface area contributed by atoms with Crippen molar-refractivity contribution in [1.82, 2.24) is 0 Å². The summed E-state index contributed by atoms with van der Waals surface area (Å²) in [5.74, 6) is 0. The summed E-state index contributed by atoms with van der Waals surface area (Å²) >= 11 is 0. The summed E-state index contributed by atoms with van der Waals surface area (Å²) in [7, 11) is 0. The highest BCUT2D eigenvalue weighted by Gasteiger charge is 2.30. The smallest absolute Gasteiger partial charge is 0.0622 e. The van der Waals surface area contributed by atoms with Gasteiger partial charge in [-0.1, -0.05) is 34.9 Å². The van der Waals surface area contributed by atoms with Gasteiger partial charge in [-0.15, -0.1) is 0 Å². The molecule has 0 aliphatic heterocycles. The molecule has 0 rings (SSSR count). The Balaban J connectivity index is 4.40. The molecule has 0 saturated carbocycles. The molecule has 0 aromatic carbocycles. The highest BCUT2D eigenvalue weighted by atomic mass is 16.3. The molecule has 0 aliphatic rings. The van der Waals surface area contributed by atoms with Gasteiger partial charge in [0, 0.05) is 0 Å². The first-order chi connectivity index (χ1) is 26.5. The van der Waals surface area contributed by atoms with E-state index in [2.05, 4.69) is 32.9 Å². The summed E-state index contributed by atoms with van der Waals surface area (Å²) in [5, 5.41) is 85.8. The molecule has 8 nitrogen and oxygen atoms in total. The third-order valence-corrected chi connectivity index (χ3v) is 12.6. The van der Waals surface area contributed by atoms with Crippen LogP contribution in [0.3, 0.4) is 0 Å². The molecular weight excluding hydrogens is 729 g/mol. The predicted molar refractivity (Wildman–Crippen MR) is 244 cm³/mol. The lowest BCUT2D eigenvalue weighted by molar-refractivity contribution is -0.00813. The highest BCUT2D eigenvalue weighted by Crippen LogP contribution is 2.32. The Labute approximate surface area is 357 Å². The predicted octanol–water partition coefficient (Wildman–Crippen LogP) is 10.8. The molecule has 0 aliphatic carbocycles. The molecule has 7 atom stereocenters. The molecule has 0 heterocycles. The number of hydrogen-bond acceptors (Lipinski definition) is 8. The molecule has 0 aromatic rings. The van der Waals surface area contributed by atoms with Crippen molar-refractivity contribution in [3.8, 4) is 0 Å². The quantitative estimate of drug-likeness (QED) is 0.0293. The minimum atomic E-state index is -0.888. The average Bonchev–Trinajstić information content (AvgIpc) is 3.03. The molecular formula is C50H96O8. The van der Waals surface area contributed by atoms with Crippen LogP contribution in [-0.2, 0) is 0 Å². The van der Waals surface area contributed by atoms with Crippen molar-refractivity contribution in [3.63, 3.8) is 0 Å². The number of allylic oxidation sites excluding steroid dienone is 5. The zero-order valence-electron chi connectivity index (χ0n) is 39.7. The standard InChI is InChI=1S/C50H96O8/c1-41(2)21-13-26-44(5,52)28-15-30-46(7,54)32-17-34-48(9,56)36-19-38-50(11,58)39-20-37-49(10,57)35-18-33-47(8,55)31-16-29-45(6,53)27-14-24-42(3)22-12-23-43(4)25-40-51/h21-22,25,51-58H,12-20,23-24,26-40H2,1-11H3/b42-22+,43-25+. The lowest BCUT2D eigenvalue weighted by atomic mass is 9.83. The first-order valence-corrected chi connectivity index (χ1v) is 23.1. The van der Waals surface area contributed by atoms with Crippen molar-refractivity contribution in [2.45, 2.75) is 276 Å². The molecule has 58 heavy (non-hydrogen) atoms. The van der Waals surface area contributed by atoms with Crippen molar-refractivity contribution in [3.05, 3.63) is 34.9 Å². The fourth-order valence-corrected chi connectivity index (χ4v) is 8.30. The SMILES string of the molecule is CC(C)=CCCC(C)(O)CCCC(C)(O)CCCC(C)(O)CCCC(C)(O)CCCC(C)(O)CCCC(C)(O)CCCC(C)(O)CCC/C(C)=C/CC/C(C)=C/CO. The number of rotatable bonds is 35. The maximum Gasteiger partial charge on any atom is 0.0622 e. The Morgan fingerprint density at radius 2 is 0.586 bits per heavy atom. The van der Waals surface area contributed by atoms with Crippen molar-refractivity contribution < 1.29 is 40.9 Å². The lowest BCUT2D eigenvalue weighted by Gasteiger charge is -2.31. The molecule has 8 heteroatoms. The van der Waals surface area contributed by atoms with Gasteiger partial charge in [-0.3, -0.25) is 0 Å². The van der Waals surface area contributed by atoms with E-state index in [-0.39, 0.29) is 6.61 Å². The average molecular weight is 825 g/mol. The molecule has 8 N–H and O–H groups in total. The van der Waals surface area contributed by atoms with Gasteiger partial charge in [0.15, 0.2) is 0 Å². The Kier molecular flexibility index (Phi) is 26.6. The Morgan fingerprint density at radius 3 is 0.862 bits per heavy atom. The molecule has 0 amide bonds. The second-order valence-corrected chi connectivity index (χ2v) is 21.1. The highest BCUT2D eigenvalue weighted by molar-refractivity contribution is 5.04. The molecule has 0 saturated heterocycles. The second kappa shape index (κ2) is 27.1. The largest absolute Gasteiger partial charge is 0.392 e. The van der Waals surface area contributed by atoms with Crippen LogP contribution in [0.15, 0.2) is 34.9 Å². The summed E-state index contributed by atoms with van der Waals surface area (Å²) in [5.41, 5.74) is -2.06. The van der Waals surface area contributed by atoms with E-state index in [4.69, 9.17) is 5.11 Å². The number of hydrogen-bond donors (Lipinski definition) is 8. The Hall–Kier alpha value is -1.10. The summed E-state index contributed by atoms with van der Waals surface area (Å²) < 4.78 is 0. The minimum absolute atomic E-state index is 0.0886. The van der Waals surface area contributed by atoms with Gasteiger partial charge in [0.1, 0.15) is 0 Å². The van der Waals surface area contributed by atoms with E-state index in [9.17, 15) is 35.7 Å². The topological polar surface area (TPSA) is 162 Å². The van der Waals surface area contributed by atoms with E-state index in [1.807, 2.05) is 61.5 Å². The van der Waals surface area contributed by atoms with Crippen molar-refractivity contribution in [2.24, 2.45) is 0 Å². The van der Waals surface area contributed by atoms with Gasteiger partial charge in [-0.05, 0) is 237 Å². The van der Waals surface area contributed by atoms with Gasteiger partial charge in [0.2, 0.25) is 0 Å². The second-order valence-electron chi connectivity index (χ2n) is 21.1. The molecule has 0 bridgehead atoms. The summed E-state index contributed by atoms with van der Waals surface area (Å²) in [4.78, 5) is 0. The Bertz CT molecular complexity index is 1180.